The second-order valence-electron chi connectivity index (χ2n) is 8.48. The Bertz CT molecular complexity index is 844. The lowest BCUT2D eigenvalue weighted by Gasteiger charge is -2.43. The van der Waals surface area contributed by atoms with Gasteiger partial charge in [-0.1, -0.05) is 32.9 Å². The maximum atomic E-state index is 14.1. The van der Waals surface area contributed by atoms with Gasteiger partial charge in [-0.2, -0.15) is 0 Å². The number of hydrogen-bond acceptors (Lipinski definition) is 1. The van der Waals surface area contributed by atoms with Crippen LogP contribution in [0.5, 0.6) is 0 Å². The van der Waals surface area contributed by atoms with Gasteiger partial charge in [0, 0.05) is 8.48 Å². The standard InChI is InChI=1S/C23H28F2O/c1-14-17-9-7-15(24)11-20(17)22(2,3)13-19(14)18-10-8-16(25)12-21(18)23(4,5)26-6/h7-12,14,19H,13H2,1-6H3/t14-,19+/m0/s1/i1D. The molecule has 0 amide bonds. The minimum Gasteiger partial charge on any atom is -0.374 e. The number of ether oxygens (including phenoxy) is 1. The van der Waals surface area contributed by atoms with Crippen molar-refractivity contribution < 1.29 is 14.9 Å². The van der Waals surface area contributed by atoms with E-state index in [1.807, 2.05) is 26.0 Å². The van der Waals surface area contributed by atoms with Gasteiger partial charge in [0.2, 0.25) is 0 Å². The van der Waals surface area contributed by atoms with Gasteiger partial charge in [-0.05, 0) is 84.0 Å². The molecule has 2 aromatic rings. The van der Waals surface area contributed by atoms with Gasteiger partial charge in [0.15, 0.2) is 0 Å². The van der Waals surface area contributed by atoms with E-state index in [1.165, 1.54) is 12.1 Å². The van der Waals surface area contributed by atoms with Gasteiger partial charge < -0.3 is 4.74 Å². The lowest BCUT2D eigenvalue weighted by atomic mass is 9.61. The van der Waals surface area contributed by atoms with E-state index in [9.17, 15) is 8.78 Å². The van der Waals surface area contributed by atoms with Gasteiger partial charge in [0.05, 0.1) is 5.60 Å². The highest BCUT2D eigenvalue weighted by atomic mass is 19.1. The van der Waals surface area contributed by atoms with Crippen molar-refractivity contribution in [3.63, 3.8) is 0 Å². The van der Waals surface area contributed by atoms with Crippen LogP contribution in [-0.2, 0) is 15.8 Å². The molecule has 26 heavy (non-hydrogen) atoms. The van der Waals surface area contributed by atoms with Crippen LogP contribution in [0.2, 0.25) is 0 Å². The smallest absolute Gasteiger partial charge is 0.123 e. The van der Waals surface area contributed by atoms with E-state index >= 15 is 0 Å². The summed E-state index contributed by atoms with van der Waals surface area (Å²) in [4.78, 5) is 0. The lowest BCUT2D eigenvalue weighted by molar-refractivity contribution is 0.0176. The molecule has 0 aromatic heterocycles. The first-order valence-electron chi connectivity index (χ1n) is 9.75. The molecule has 3 heteroatoms. The van der Waals surface area contributed by atoms with Crippen molar-refractivity contribution in [2.45, 2.75) is 63.9 Å². The van der Waals surface area contributed by atoms with Gasteiger partial charge in [0.25, 0.3) is 0 Å². The molecule has 3 rings (SSSR count). The van der Waals surface area contributed by atoms with Crippen LogP contribution in [0.1, 0.15) is 76.5 Å². The molecule has 0 saturated carbocycles. The van der Waals surface area contributed by atoms with Gasteiger partial charge in [0.1, 0.15) is 11.6 Å². The number of halogens is 2. The van der Waals surface area contributed by atoms with Gasteiger partial charge in [-0.15, -0.1) is 0 Å². The van der Waals surface area contributed by atoms with Crippen LogP contribution in [0.25, 0.3) is 0 Å². The van der Waals surface area contributed by atoms with E-state index in [2.05, 4.69) is 13.8 Å². The maximum Gasteiger partial charge on any atom is 0.123 e. The predicted molar refractivity (Wildman–Crippen MR) is 102 cm³/mol. The number of methoxy groups -OCH3 is 1. The number of fused-ring (bicyclic) bond motifs is 1. The van der Waals surface area contributed by atoms with Crippen LogP contribution in [0.4, 0.5) is 8.78 Å². The molecule has 0 spiro atoms. The summed E-state index contributed by atoms with van der Waals surface area (Å²) in [5.41, 5.74) is 2.95. The zero-order chi connectivity index (χ0) is 20.0. The minimum atomic E-state index is -0.642. The SMILES string of the molecule is [2H]C[C@H]1c2ccc(F)cc2C(C)(C)C[C@H]1c1ccc(F)cc1C(C)(C)OC. The quantitative estimate of drug-likeness (QED) is 0.615. The van der Waals surface area contributed by atoms with E-state index in [0.29, 0.717) is 0 Å². The zero-order valence-electron chi connectivity index (χ0n) is 17.2. The highest BCUT2D eigenvalue weighted by Crippen LogP contribution is 2.51. The van der Waals surface area contributed by atoms with Crippen molar-refractivity contribution in [1.29, 1.82) is 0 Å². The average Bonchev–Trinajstić information content (AvgIpc) is 2.61. The highest BCUT2D eigenvalue weighted by molar-refractivity contribution is 5.45. The Morgan fingerprint density at radius 3 is 2.31 bits per heavy atom. The molecule has 1 aliphatic carbocycles. The van der Waals surface area contributed by atoms with Crippen LogP contribution < -0.4 is 0 Å². The third-order valence-corrected chi connectivity index (χ3v) is 5.93. The summed E-state index contributed by atoms with van der Waals surface area (Å²) >= 11 is 0. The molecule has 0 heterocycles. The molecule has 2 atom stereocenters. The number of rotatable bonds is 3. The van der Waals surface area contributed by atoms with E-state index in [4.69, 9.17) is 6.11 Å². The third kappa shape index (κ3) is 3.18. The summed E-state index contributed by atoms with van der Waals surface area (Å²) in [7, 11) is 1.62. The van der Waals surface area contributed by atoms with Crippen LogP contribution in [0.15, 0.2) is 36.4 Å². The van der Waals surface area contributed by atoms with Crippen LogP contribution in [0, 0.1) is 11.6 Å². The average molecular weight is 359 g/mol. The number of hydrogen-bond donors (Lipinski definition) is 0. The Labute approximate surface area is 156 Å². The largest absolute Gasteiger partial charge is 0.374 e. The van der Waals surface area contributed by atoms with Gasteiger partial charge >= 0.3 is 0 Å². The fourth-order valence-corrected chi connectivity index (χ4v) is 4.27. The second-order valence-corrected chi connectivity index (χ2v) is 8.48. The summed E-state index contributed by atoms with van der Waals surface area (Å²) in [6.07, 6.45) is 0.769. The zero-order valence-corrected chi connectivity index (χ0v) is 16.2. The Morgan fingerprint density at radius 2 is 1.69 bits per heavy atom. The van der Waals surface area contributed by atoms with Crippen molar-refractivity contribution >= 4 is 0 Å². The van der Waals surface area contributed by atoms with Gasteiger partial charge in [-0.25, -0.2) is 8.78 Å². The molecular formula is C23H28F2O. The molecule has 0 radical (unpaired) electrons. The summed E-state index contributed by atoms with van der Waals surface area (Å²) < 4.78 is 41.8. The van der Waals surface area contributed by atoms with Crippen LogP contribution in [-0.4, -0.2) is 7.11 Å². The molecule has 1 aliphatic rings. The molecule has 1 nitrogen and oxygen atoms in total. The Hall–Kier alpha value is -1.74. The normalized spacial score (nSPS) is 22.7. The lowest BCUT2D eigenvalue weighted by Crippen LogP contribution is -2.33. The van der Waals surface area contributed by atoms with E-state index in [0.717, 1.165) is 28.7 Å². The molecule has 140 valence electrons. The molecule has 0 saturated heterocycles. The topological polar surface area (TPSA) is 9.23 Å². The Kier molecular flexibility index (Phi) is 4.38. The highest BCUT2D eigenvalue weighted by Gasteiger charge is 2.40. The van der Waals surface area contributed by atoms with E-state index in [1.54, 1.807) is 19.2 Å². The summed E-state index contributed by atoms with van der Waals surface area (Å²) in [5.74, 6) is -0.559. The molecule has 0 fully saturated rings. The predicted octanol–water partition coefficient (Wildman–Crippen LogP) is 6.41. The Balaban J connectivity index is 2.20. The fraction of sp³-hybridized carbons (Fsp3) is 0.478. The Morgan fingerprint density at radius 1 is 1.08 bits per heavy atom. The second kappa shape index (κ2) is 6.45. The van der Waals surface area contributed by atoms with E-state index in [-0.39, 0.29) is 35.8 Å². The molecule has 0 bridgehead atoms. The monoisotopic (exact) mass is 359 g/mol. The van der Waals surface area contributed by atoms with Crippen LogP contribution >= 0.6 is 0 Å². The number of benzene rings is 2. The molecular weight excluding hydrogens is 330 g/mol. The maximum absolute atomic E-state index is 14.1. The van der Waals surface area contributed by atoms with E-state index < -0.39 is 5.60 Å². The summed E-state index contributed by atoms with van der Waals surface area (Å²) in [5, 5.41) is 0. The van der Waals surface area contributed by atoms with Crippen molar-refractivity contribution in [3.05, 3.63) is 70.3 Å². The first-order valence-corrected chi connectivity index (χ1v) is 9.05. The molecule has 2 aromatic carbocycles. The molecule has 0 aliphatic heterocycles. The van der Waals surface area contributed by atoms with Crippen molar-refractivity contribution in [3.8, 4) is 0 Å². The summed E-state index contributed by atoms with van der Waals surface area (Å²) in [6.45, 7) is 8.28. The fourth-order valence-electron chi connectivity index (χ4n) is 4.27. The first kappa shape index (κ1) is 17.7. The molecule has 0 N–H and O–H groups in total. The minimum absolute atomic E-state index is 0.0421. The van der Waals surface area contributed by atoms with Crippen molar-refractivity contribution in [2.24, 2.45) is 0 Å². The van der Waals surface area contributed by atoms with Crippen molar-refractivity contribution in [1.82, 2.24) is 0 Å². The van der Waals surface area contributed by atoms with Crippen LogP contribution in [0.3, 0.4) is 0 Å². The third-order valence-electron chi connectivity index (χ3n) is 5.93. The molecule has 0 unspecified atom stereocenters. The summed E-state index contributed by atoms with van der Waals surface area (Å²) in [6, 6.07) is 9.78. The van der Waals surface area contributed by atoms with Crippen molar-refractivity contribution in [2.75, 3.05) is 7.11 Å². The first-order chi connectivity index (χ1) is 12.6. The van der Waals surface area contributed by atoms with Gasteiger partial charge in [-0.3, -0.25) is 0 Å².